The molecule has 0 aliphatic heterocycles. The van der Waals surface area contributed by atoms with Crippen molar-refractivity contribution in [3.63, 3.8) is 0 Å². The molecule has 2 aromatic rings. The van der Waals surface area contributed by atoms with Crippen molar-refractivity contribution in [1.29, 1.82) is 0 Å². The van der Waals surface area contributed by atoms with E-state index < -0.39 is 23.6 Å². The number of ether oxygens (including phenoxy) is 1. The molecule has 0 spiro atoms. The number of amides is 1. The van der Waals surface area contributed by atoms with Crippen molar-refractivity contribution >= 4 is 34.8 Å². The van der Waals surface area contributed by atoms with Gasteiger partial charge in [-0.2, -0.15) is 0 Å². The Morgan fingerprint density at radius 1 is 1.15 bits per heavy atom. The van der Waals surface area contributed by atoms with Gasteiger partial charge in [-0.25, -0.2) is 9.18 Å². The third-order valence-corrected chi connectivity index (χ3v) is 4.20. The highest BCUT2D eigenvalue weighted by Crippen LogP contribution is 2.18. The fourth-order valence-electron chi connectivity index (χ4n) is 2.34. The van der Waals surface area contributed by atoms with E-state index >= 15 is 0 Å². The summed E-state index contributed by atoms with van der Waals surface area (Å²) in [6, 6.07) is 16.2. The van der Waals surface area contributed by atoms with E-state index in [0.717, 1.165) is 14.7 Å². The number of carbonyl (C=O) groups excluding carboxylic acids is 1. The normalized spacial score (nSPS) is 13.2. The molecule has 0 heterocycles. The summed E-state index contributed by atoms with van der Waals surface area (Å²) in [5.74, 6) is -0.416. The Kier molecular flexibility index (Phi) is 7.20. The molecular formula is C21H23FINO2. The maximum atomic E-state index is 14.9. The zero-order valence-corrected chi connectivity index (χ0v) is 17.3. The van der Waals surface area contributed by atoms with Gasteiger partial charge >= 0.3 is 6.09 Å². The minimum Gasteiger partial charge on any atom is -0.444 e. The van der Waals surface area contributed by atoms with Crippen LogP contribution < -0.4 is 5.32 Å². The zero-order valence-electron chi connectivity index (χ0n) is 15.1. The van der Waals surface area contributed by atoms with Crippen LogP contribution >= 0.6 is 22.6 Å². The summed E-state index contributed by atoms with van der Waals surface area (Å²) in [6.07, 6.45) is 1.15. The Balaban J connectivity index is 2.20. The number of halogens is 2. The molecule has 1 unspecified atom stereocenters. The molecule has 2 aromatic carbocycles. The number of hydrogen-bond acceptors (Lipinski definition) is 2. The smallest absolute Gasteiger partial charge is 0.408 e. The highest BCUT2D eigenvalue weighted by atomic mass is 127. The summed E-state index contributed by atoms with van der Waals surface area (Å²) < 4.78 is 21.3. The summed E-state index contributed by atoms with van der Waals surface area (Å²) in [7, 11) is 0. The predicted molar refractivity (Wildman–Crippen MR) is 112 cm³/mol. The second-order valence-electron chi connectivity index (χ2n) is 6.97. The lowest BCUT2D eigenvalue weighted by Crippen LogP contribution is -2.40. The minimum absolute atomic E-state index is 0.340. The highest BCUT2D eigenvalue weighted by Gasteiger charge is 2.22. The van der Waals surface area contributed by atoms with E-state index in [2.05, 4.69) is 27.9 Å². The summed E-state index contributed by atoms with van der Waals surface area (Å²) in [5, 5.41) is 2.65. The third kappa shape index (κ3) is 7.15. The van der Waals surface area contributed by atoms with Crippen LogP contribution in [0.3, 0.4) is 0 Å². The number of hydrogen-bond donors (Lipinski definition) is 1. The molecule has 0 bridgehead atoms. The number of carbonyl (C=O) groups is 1. The molecule has 0 aliphatic rings. The fraction of sp³-hybridized carbons (Fsp3) is 0.286. The molecule has 1 N–H and O–H groups in total. The van der Waals surface area contributed by atoms with Gasteiger partial charge in [0.15, 0.2) is 0 Å². The van der Waals surface area contributed by atoms with Gasteiger partial charge in [-0.05, 0) is 79.1 Å². The van der Waals surface area contributed by atoms with Gasteiger partial charge in [0.05, 0.1) is 6.04 Å². The van der Waals surface area contributed by atoms with E-state index in [1.807, 2.05) is 54.6 Å². The Morgan fingerprint density at radius 2 is 1.77 bits per heavy atom. The summed E-state index contributed by atoms with van der Waals surface area (Å²) >= 11 is 2.20. The molecule has 2 rings (SSSR count). The van der Waals surface area contributed by atoms with Crippen LogP contribution in [0.15, 0.2) is 60.4 Å². The third-order valence-electron chi connectivity index (χ3n) is 3.48. The first kappa shape index (κ1) is 20.4. The first-order valence-electron chi connectivity index (χ1n) is 8.39. The number of benzene rings is 2. The molecule has 1 atom stereocenters. The second kappa shape index (κ2) is 9.16. The van der Waals surface area contributed by atoms with Crippen LogP contribution in [0.5, 0.6) is 0 Å². The molecule has 26 heavy (non-hydrogen) atoms. The number of alkyl carbamates (subject to hydrolysis) is 1. The van der Waals surface area contributed by atoms with E-state index in [0.29, 0.717) is 6.42 Å². The average molecular weight is 467 g/mol. The van der Waals surface area contributed by atoms with Gasteiger partial charge in [-0.3, -0.25) is 0 Å². The molecule has 138 valence electrons. The van der Waals surface area contributed by atoms with E-state index in [9.17, 15) is 9.18 Å². The standard InChI is InChI=1S/C21H23FINO2/c1-21(2,3)26-20(25)24-19(14-15-7-5-4-6-8-15)18(22)13-16-9-11-17(23)12-10-16/h4-13,19H,14H2,1-3H3,(H,24,25). The van der Waals surface area contributed by atoms with Crippen molar-refractivity contribution in [1.82, 2.24) is 5.32 Å². The maximum absolute atomic E-state index is 14.9. The van der Waals surface area contributed by atoms with E-state index in [1.54, 1.807) is 20.8 Å². The molecular weight excluding hydrogens is 444 g/mol. The molecule has 0 aliphatic carbocycles. The van der Waals surface area contributed by atoms with Crippen molar-refractivity contribution in [2.75, 3.05) is 0 Å². The topological polar surface area (TPSA) is 38.3 Å². The lowest BCUT2D eigenvalue weighted by atomic mass is 10.0. The van der Waals surface area contributed by atoms with E-state index in [-0.39, 0.29) is 0 Å². The second-order valence-corrected chi connectivity index (χ2v) is 8.21. The lowest BCUT2D eigenvalue weighted by molar-refractivity contribution is 0.0507. The molecule has 0 saturated carbocycles. The van der Waals surface area contributed by atoms with Crippen LogP contribution in [0.25, 0.3) is 6.08 Å². The van der Waals surface area contributed by atoms with Gasteiger partial charge < -0.3 is 10.1 Å². The summed E-state index contributed by atoms with van der Waals surface area (Å²) in [5.41, 5.74) is 1.03. The molecule has 0 saturated heterocycles. The zero-order chi connectivity index (χ0) is 19.2. The Hall–Kier alpha value is -1.89. The van der Waals surface area contributed by atoms with Crippen molar-refractivity contribution in [2.24, 2.45) is 0 Å². The van der Waals surface area contributed by atoms with Gasteiger partial charge in [0.2, 0.25) is 0 Å². The van der Waals surface area contributed by atoms with Crippen LogP contribution in [-0.4, -0.2) is 17.7 Å². The van der Waals surface area contributed by atoms with Crippen molar-refractivity contribution in [3.05, 3.63) is 75.1 Å². The molecule has 1 amide bonds. The number of nitrogens with one attached hydrogen (secondary N) is 1. The van der Waals surface area contributed by atoms with Crippen molar-refractivity contribution in [3.8, 4) is 0 Å². The quantitative estimate of drug-likeness (QED) is 0.570. The molecule has 3 nitrogen and oxygen atoms in total. The van der Waals surface area contributed by atoms with Gasteiger partial charge in [0.1, 0.15) is 11.4 Å². The number of rotatable bonds is 5. The Morgan fingerprint density at radius 3 is 2.35 bits per heavy atom. The van der Waals surface area contributed by atoms with Crippen LogP contribution in [0, 0.1) is 3.57 Å². The molecule has 0 fully saturated rings. The van der Waals surface area contributed by atoms with Crippen molar-refractivity contribution < 1.29 is 13.9 Å². The van der Waals surface area contributed by atoms with Crippen molar-refractivity contribution in [2.45, 2.75) is 38.8 Å². The van der Waals surface area contributed by atoms with Gasteiger partial charge in [0.25, 0.3) is 0 Å². The monoisotopic (exact) mass is 467 g/mol. The Bertz CT molecular complexity index is 752. The molecule has 0 radical (unpaired) electrons. The fourth-order valence-corrected chi connectivity index (χ4v) is 2.70. The van der Waals surface area contributed by atoms with E-state index in [1.165, 1.54) is 6.08 Å². The summed E-state index contributed by atoms with van der Waals surface area (Å²) in [4.78, 5) is 12.1. The maximum Gasteiger partial charge on any atom is 0.408 e. The van der Waals surface area contributed by atoms with E-state index in [4.69, 9.17) is 4.74 Å². The minimum atomic E-state index is -0.800. The van der Waals surface area contributed by atoms with Crippen LogP contribution in [-0.2, 0) is 11.2 Å². The van der Waals surface area contributed by atoms with Crippen LogP contribution in [0.2, 0.25) is 0 Å². The first-order valence-corrected chi connectivity index (χ1v) is 9.47. The molecule has 5 heteroatoms. The van der Waals surface area contributed by atoms with Gasteiger partial charge in [0, 0.05) is 3.57 Å². The Labute approximate surface area is 167 Å². The SMILES string of the molecule is CC(C)(C)OC(=O)NC(Cc1ccccc1)C(F)=Cc1ccc(I)cc1. The van der Waals surface area contributed by atoms with Gasteiger partial charge in [-0.15, -0.1) is 0 Å². The van der Waals surface area contributed by atoms with Crippen LogP contribution in [0.4, 0.5) is 9.18 Å². The average Bonchev–Trinajstić information content (AvgIpc) is 2.55. The van der Waals surface area contributed by atoms with Gasteiger partial charge in [-0.1, -0.05) is 42.5 Å². The lowest BCUT2D eigenvalue weighted by Gasteiger charge is -2.23. The predicted octanol–water partition coefficient (Wildman–Crippen LogP) is 5.74. The first-order chi connectivity index (χ1) is 12.2. The highest BCUT2D eigenvalue weighted by molar-refractivity contribution is 14.1. The molecule has 0 aromatic heterocycles. The van der Waals surface area contributed by atoms with Crippen LogP contribution in [0.1, 0.15) is 31.9 Å². The largest absolute Gasteiger partial charge is 0.444 e. The summed E-state index contributed by atoms with van der Waals surface area (Å²) in [6.45, 7) is 5.32.